The molecule has 114 valence electrons. The van der Waals surface area contributed by atoms with Crippen LogP contribution < -0.4 is 5.32 Å². The fraction of sp³-hybridized carbons (Fsp3) is 0.667. The van der Waals surface area contributed by atoms with Crippen LogP contribution in [0.4, 0.5) is 0 Å². The molecule has 2 nitrogen and oxygen atoms in total. The van der Waals surface area contributed by atoms with E-state index in [0.29, 0.717) is 0 Å². The Labute approximate surface area is 124 Å². The van der Waals surface area contributed by atoms with Gasteiger partial charge in [0.1, 0.15) is 0 Å². The van der Waals surface area contributed by atoms with Crippen molar-refractivity contribution in [3.8, 4) is 0 Å². The summed E-state index contributed by atoms with van der Waals surface area (Å²) in [5.74, 6) is 0. The average molecular weight is 277 g/mol. The number of benzene rings is 1. The summed E-state index contributed by atoms with van der Waals surface area (Å²) in [7, 11) is 0. The lowest BCUT2D eigenvalue weighted by atomic mass is 9.92. The molecular weight excluding hydrogens is 246 g/mol. The first-order valence-electron chi connectivity index (χ1n) is 8.18. The van der Waals surface area contributed by atoms with Gasteiger partial charge in [-0.25, -0.2) is 0 Å². The summed E-state index contributed by atoms with van der Waals surface area (Å²) in [4.78, 5) is 0. The molecule has 0 aliphatic heterocycles. The van der Waals surface area contributed by atoms with Crippen molar-refractivity contribution >= 4 is 0 Å². The van der Waals surface area contributed by atoms with Gasteiger partial charge in [0, 0.05) is 6.54 Å². The summed E-state index contributed by atoms with van der Waals surface area (Å²) in [6.07, 6.45) is 4.41. The third kappa shape index (κ3) is 5.26. The van der Waals surface area contributed by atoms with Crippen LogP contribution in [0.15, 0.2) is 12.1 Å². The normalized spacial score (nSPS) is 11.0. The fourth-order valence-corrected chi connectivity index (χ4v) is 2.62. The first-order valence-corrected chi connectivity index (χ1v) is 8.18. The maximum atomic E-state index is 5.73. The molecule has 0 saturated heterocycles. The van der Waals surface area contributed by atoms with Gasteiger partial charge in [0.15, 0.2) is 0 Å². The molecule has 1 aromatic carbocycles. The first-order chi connectivity index (χ1) is 9.76. The van der Waals surface area contributed by atoms with Crippen LogP contribution in [0.1, 0.15) is 49.9 Å². The van der Waals surface area contributed by atoms with Gasteiger partial charge in [0.05, 0.1) is 13.2 Å². The molecule has 0 heterocycles. The number of ether oxygens (including phenoxy) is 1. The van der Waals surface area contributed by atoms with Crippen LogP contribution in [0.5, 0.6) is 0 Å². The van der Waals surface area contributed by atoms with E-state index in [0.717, 1.165) is 52.0 Å². The molecule has 0 spiro atoms. The van der Waals surface area contributed by atoms with Gasteiger partial charge >= 0.3 is 0 Å². The van der Waals surface area contributed by atoms with Crippen molar-refractivity contribution < 1.29 is 4.74 Å². The Morgan fingerprint density at radius 3 is 2.05 bits per heavy atom. The zero-order chi connectivity index (χ0) is 14.8. The molecule has 0 radical (unpaired) electrons. The van der Waals surface area contributed by atoms with E-state index in [9.17, 15) is 0 Å². The highest BCUT2D eigenvalue weighted by Gasteiger charge is 2.08. The van der Waals surface area contributed by atoms with E-state index >= 15 is 0 Å². The molecule has 0 unspecified atom stereocenters. The topological polar surface area (TPSA) is 21.3 Å². The smallest absolute Gasteiger partial charge is 0.0591 e. The number of nitrogens with one attached hydrogen (secondary N) is 1. The van der Waals surface area contributed by atoms with Gasteiger partial charge in [0.25, 0.3) is 0 Å². The molecule has 0 saturated carbocycles. The third-order valence-electron chi connectivity index (χ3n) is 3.83. The van der Waals surface area contributed by atoms with Crippen LogP contribution in [0.3, 0.4) is 0 Å². The summed E-state index contributed by atoms with van der Waals surface area (Å²) in [5, 5.41) is 3.28. The van der Waals surface area contributed by atoms with Crippen LogP contribution in [0, 0.1) is 0 Å². The van der Waals surface area contributed by atoms with Crippen molar-refractivity contribution in [1.82, 2.24) is 5.32 Å². The molecule has 1 aromatic rings. The largest absolute Gasteiger partial charge is 0.380 e. The molecule has 0 fully saturated rings. The van der Waals surface area contributed by atoms with Crippen molar-refractivity contribution in [3.05, 3.63) is 34.4 Å². The zero-order valence-corrected chi connectivity index (χ0v) is 13.7. The SMILES string of the molecule is CCNCCOCCc1c(CC)cc(CC)cc1CC. The lowest BCUT2D eigenvalue weighted by Gasteiger charge is -2.16. The molecule has 2 heteroatoms. The first kappa shape index (κ1) is 17.2. The number of hydrogen-bond donors (Lipinski definition) is 1. The molecule has 0 aliphatic carbocycles. The predicted molar refractivity (Wildman–Crippen MR) is 87.6 cm³/mol. The Kier molecular flexibility index (Phi) is 8.56. The van der Waals surface area contributed by atoms with Gasteiger partial charge in [-0.1, -0.05) is 39.8 Å². The summed E-state index contributed by atoms with van der Waals surface area (Å²) in [6, 6.07) is 4.76. The summed E-state index contributed by atoms with van der Waals surface area (Å²) < 4.78 is 5.73. The van der Waals surface area contributed by atoms with Crippen molar-refractivity contribution in [3.63, 3.8) is 0 Å². The number of rotatable bonds is 10. The molecule has 0 aromatic heterocycles. The number of aryl methyl sites for hydroxylation is 3. The van der Waals surface area contributed by atoms with Gasteiger partial charge in [-0.3, -0.25) is 0 Å². The van der Waals surface area contributed by atoms with Crippen molar-refractivity contribution in [2.75, 3.05) is 26.3 Å². The second-order valence-electron chi connectivity index (χ2n) is 5.17. The Hall–Kier alpha value is -0.860. The molecule has 0 amide bonds. The standard InChI is InChI=1S/C18H31NO/c1-5-15-13-16(6-2)18(17(7-3)14-15)9-11-20-12-10-19-8-4/h13-14,19H,5-12H2,1-4H3. The number of hydrogen-bond acceptors (Lipinski definition) is 2. The maximum absolute atomic E-state index is 5.73. The molecule has 0 aliphatic rings. The quantitative estimate of drug-likeness (QED) is 0.660. The molecule has 20 heavy (non-hydrogen) atoms. The minimum atomic E-state index is 0.809. The highest BCUT2D eigenvalue weighted by molar-refractivity contribution is 5.39. The van der Waals surface area contributed by atoms with Crippen molar-refractivity contribution in [1.29, 1.82) is 0 Å². The van der Waals surface area contributed by atoms with Crippen molar-refractivity contribution in [2.45, 2.75) is 53.4 Å². The van der Waals surface area contributed by atoms with E-state index in [1.165, 1.54) is 22.3 Å². The van der Waals surface area contributed by atoms with Crippen molar-refractivity contribution in [2.24, 2.45) is 0 Å². The van der Waals surface area contributed by atoms with E-state index in [-0.39, 0.29) is 0 Å². The Balaban J connectivity index is 2.63. The Bertz CT molecular complexity index is 362. The predicted octanol–water partition coefficient (Wildman–Crippen LogP) is 3.54. The summed E-state index contributed by atoms with van der Waals surface area (Å²) >= 11 is 0. The molecule has 1 N–H and O–H groups in total. The van der Waals surface area contributed by atoms with Gasteiger partial charge in [-0.05, 0) is 54.5 Å². The molecular formula is C18H31NO. The maximum Gasteiger partial charge on any atom is 0.0591 e. The summed E-state index contributed by atoms with van der Waals surface area (Å²) in [6.45, 7) is 12.5. The van der Waals surface area contributed by atoms with Crippen LogP contribution in [-0.4, -0.2) is 26.3 Å². The van der Waals surface area contributed by atoms with Gasteiger partial charge < -0.3 is 10.1 Å². The monoisotopic (exact) mass is 277 g/mol. The van der Waals surface area contributed by atoms with Crippen LogP contribution in [0.2, 0.25) is 0 Å². The van der Waals surface area contributed by atoms with E-state index < -0.39 is 0 Å². The lowest BCUT2D eigenvalue weighted by molar-refractivity contribution is 0.139. The molecule has 0 bridgehead atoms. The second kappa shape index (κ2) is 9.95. The van der Waals surface area contributed by atoms with Crippen LogP contribution >= 0.6 is 0 Å². The van der Waals surface area contributed by atoms with E-state index in [1.54, 1.807) is 0 Å². The third-order valence-corrected chi connectivity index (χ3v) is 3.83. The highest BCUT2D eigenvalue weighted by Crippen LogP contribution is 2.20. The second-order valence-corrected chi connectivity index (χ2v) is 5.17. The highest BCUT2D eigenvalue weighted by atomic mass is 16.5. The van der Waals surface area contributed by atoms with Crippen LogP contribution in [-0.2, 0) is 30.4 Å². The van der Waals surface area contributed by atoms with Crippen LogP contribution in [0.25, 0.3) is 0 Å². The average Bonchev–Trinajstić information content (AvgIpc) is 2.50. The fourth-order valence-electron chi connectivity index (χ4n) is 2.62. The van der Waals surface area contributed by atoms with Gasteiger partial charge in [0.2, 0.25) is 0 Å². The molecule has 1 rings (SSSR count). The lowest BCUT2D eigenvalue weighted by Crippen LogP contribution is -2.19. The van der Waals surface area contributed by atoms with E-state index in [1.807, 2.05) is 0 Å². The Morgan fingerprint density at radius 1 is 0.900 bits per heavy atom. The van der Waals surface area contributed by atoms with Gasteiger partial charge in [-0.15, -0.1) is 0 Å². The minimum Gasteiger partial charge on any atom is -0.380 e. The zero-order valence-electron chi connectivity index (χ0n) is 13.7. The summed E-state index contributed by atoms with van der Waals surface area (Å²) in [5.41, 5.74) is 6.01. The van der Waals surface area contributed by atoms with E-state index in [4.69, 9.17) is 4.74 Å². The Morgan fingerprint density at radius 2 is 1.55 bits per heavy atom. The van der Waals surface area contributed by atoms with Gasteiger partial charge in [-0.2, -0.15) is 0 Å². The molecule has 0 atom stereocenters. The minimum absolute atomic E-state index is 0.809. The van der Waals surface area contributed by atoms with E-state index in [2.05, 4.69) is 45.1 Å². The number of likely N-dealkylation sites (N-methyl/N-ethyl adjacent to an activating group) is 1.